The summed E-state index contributed by atoms with van der Waals surface area (Å²) < 4.78 is 0. The Kier molecular flexibility index (Phi) is 5.34. The van der Waals surface area contributed by atoms with Gasteiger partial charge in [0.2, 0.25) is 0 Å². The summed E-state index contributed by atoms with van der Waals surface area (Å²) >= 11 is 0. The zero-order chi connectivity index (χ0) is 17.6. The minimum Gasteiger partial charge on any atom is -0.388 e. The second-order valence-corrected chi connectivity index (χ2v) is 6.27. The van der Waals surface area contributed by atoms with Crippen molar-refractivity contribution in [3.8, 4) is 0 Å². The third-order valence-corrected chi connectivity index (χ3v) is 4.51. The van der Waals surface area contributed by atoms with Crippen molar-refractivity contribution in [2.75, 3.05) is 24.7 Å². The van der Waals surface area contributed by atoms with Gasteiger partial charge >= 0.3 is 0 Å². The Labute approximate surface area is 149 Å². The topological polar surface area (TPSA) is 41.1 Å². The monoisotopic (exact) mass is 332 g/mol. The summed E-state index contributed by atoms with van der Waals surface area (Å²) in [6.07, 6.45) is 6.76. The van der Waals surface area contributed by atoms with Gasteiger partial charge in [0, 0.05) is 36.6 Å². The molecule has 2 N–H and O–H groups in total. The lowest BCUT2D eigenvalue weighted by atomic mass is 9.87. The molecule has 3 rings (SSSR count). The van der Waals surface area contributed by atoms with Crippen LogP contribution in [-0.2, 0) is 4.79 Å². The standard InChI is InChI=1S/C22H24N2O/c1-23-20-10-3-6-16(14-20)12-18-8-5-9-19(22(18)25)13-17-7-4-11-21(15-17)24-2/h3-4,6-7,10-15,23-24H,5,8-9H2,1-2H3/b18-12+,19-13+. The molecule has 0 heterocycles. The molecule has 0 unspecified atom stereocenters. The number of benzene rings is 2. The van der Waals surface area contributed by atoms with Gasteiger partial charge in [0.05, 0.1) is 0 Å². The van der Waals surface area contributed by atoms with Crippen LogP contribution in [0.3, 0.4) is 0 Å². The molecule has 25 heavy (non-hydrogen) atoms. The van der Waals surface area contributed by atoms with E-state index in [4.69, 9.17) is 0 Å². The number of Topliss-reactive ketones (excluding diaryl/α,β-unsaturated/α-hetero) is 1. The summed E-state index contributed by atoms with van der Waals surface area (Å²) in [6.45, 7) is 0. The first-order valence-electron chi connectivity index (χ1n) is 8.71. The van der Waals surface area contributed by atoms with Crippen LogP contribution in [0.5, 0.6) is 0 Å². The van der Waals surface area contributed by atoms with Crippen LogP contribution < -0.4 is 10.6 Å². The van der Waals surface area contributed by atoms with Gasteiger partial charge in [0.25, 0.3) is 0 Å². The largest absolute Gasteiger partial charge is 0.388 e. The summed E-state index contributed by atoms with van der Waals surface area (Å²) in [5.74, 6) is 0.177. The van der Waals surface area contributed by atoms with Crippen molar-refractivity contribution in [1.82, 2.24) is 0 Å². The number of nitrogens with one attached hydrogen (secondary N) is 2. The summed E-state index contributed by atoms with van der Waals surface area (Å²) in [5.41, 5.74) is 6.03. The van der Waals surface area contributed by atoms with Crippen molar-refractivity contribution < 1.29 is 4.79 Å². The number of carbonyl (C=O) groups is 1. The van der Waals surface area contributed by atoms with E-state index in [-0.39, 0.29) is 5.78 Å². The molecule has 1 aliphatic rings. The van der Waals surface area contributed by atoms with Crippen molar-refractivity contribution >= 4 is 29.3 Å². The first-order chi connectivity index (χ1) is 12.2. The second-order valence-electron chi connectivity index (χ2n) is 6.27. The van der Waals surface area contributed by atoms with E-state index >= 15 is 0 Å². The third kappa shape index (κ3) is 4.18. The number of rotatable bonds is 4. The Hall–Kier alpha value is -2.81. The Morgan fingerprint density at radius 3 is 1.72 bits per heavy atom. The van der Waals surface area contributed by atoms with Crippen LogP contribution in [0.1, 0.15) is 30.4 Å². The minimum atomic E-state index is 0.177. The fourth-order valence-electron chi connectivity index (χ4n) is 3.15. The average molecular weight is 332 g/mol. The Balaban J connectivity index is 1.87. The fraction of sp³-hybridized carbons (Fsp3) is 0.227. The number of hydrogen-bond donors (Lipinski definition) is 2. The van der Waals surface area contributed by atoms with Gasteiger partial charge in [-0.3, -0.25) is 4.79 Å². The van der Waals surface area contributed by atoms with Crippen LogP contribution in [-0.4, -0.2) is 19.9 Å². The maximum atomic E-state index is 12.9. The van der Waals surface area contributed by atoms with Gasteiger partial charge in [-0.15, -0.1) is 0 Å². The summed E-state index contributed by atoms with van der Waals surface area (Å²) in [5, 5.41) is 6.27. The van der Waals surface area contributed by atoms with Crippen molar-refractivity contribution in [2.45, 2.75) is 19.3 Å². The second kappa shape index (κ2) is 7.84. The van der Waals surface area contributed by atoms with Gasteiger partial charge in [-0.2, -0.15) is 0 Å². The molecule has 1 fully saturated rings. The maximum Gasteiger partial charge on any atom is 0.185 e. The number of allylic oxidation sites excluding steroid dienone is 2. The smallest absolute Gasteiger partial charge is 0.185 e. The zero-order valence-corrected chi connectivity index (χ0v) is 14.8. The van der Waals surface area contributed by atoms with Gasteiger partial charge < -0.3 is 10.6 Å². The van der Waals surface area contributed by atoms with Crippen LogP contribution in [0.25, 0.3) is 12.2 Å². The molecule has 0 aliphatic heterocycles. The van der Waals surface area contributed by atoms with Crippen molar-refractivity contribution in [3.63, 3.8) is 0 Å². The van der Waals surface area contributed by atoms with Crippen LogP contribution in [0.15, 0.2) is 59.7 Å². The van der Waals surface area contributed by atoms with E-state index in [1.54, 1.807) is 0 Å². The van der Waals surface area contributed by atoms with Crippen LogP contribution in [0, 0.1) is 0 Å². The highest BCUT2D eigenvalue weighted by atomic mass is 16.1. The highest BCUT2D eigenvalue weighted by Crippen LogP contribution is 2.28. The molecule has 0 bridgehead atoms. The highest BCUT2D eigenvalue weighted by Gasteiger charge is 2.20. The molecule has 0 spiro atoms. The van der Waals surface area contributed by atoms with Crippen molar-refractivity contribution in [1.29, 1.82) is 0 Å². The maximum absolute atomic E-state index is 12.9. The lowest BCUT2D eigenvalue weighted by Crippen LogP contribution is -2.12. The fourth-order valence-corrected chi connectivity index (χ4v) is 3.15. The molecule has 1 saturated carbocycles. The first-order valence-corrected chi connectivity index (χ1v) is 8.71. The molecule has 0 saturated heterocycles. The van der Waals surface area contributed by atoms with E-state index in [0.717, 1.165) is 52.9 Å². The molecule has 0 radical (unpaired) electrons. The van der Waals surface area contributed by atoms with Crippen molar-refractivity contribution in [3.05, 3.63) is 70.8 Å². The van der Waals surface area contributed by atoms with E-state index in [2.05, 4.69) is 22.8 Å². The third-order valence-electron chi connectivity index (χ3n) is 4.51. The number of carbonyl (C=O) groups excluding carboxylic acids is 1. The number of hydrogen-bond acceptors (Lipinski definition) is 3. The minimum absolute atomic E-state index is 0.177. The van der Waals surface area contributed by atoms with E-state index in [1.807, 2.05) is 62.6 Å². The number of anilines is 2. The predicted octanol–water partition coefficient (Wildman–Crippen LogP) is 4.99. The molecule has 2 aromatic rings. The molecular weight excluding hydrogens is 308 g/mol. The Bertz CT molecular complexity index is 766. The molecular formula is C22H24N2O. The molecule has 0 amide bonds. The normalized spacial score (nSPS) is 17.8. The predicted molar refractivity (Wildman–Crippen MR) is 107 cm³/mol. The van der Waals surface area contributed by atoms with E-state index in [1.165, 1.54) is 0 Å². The van der Waals surface area contributed by atoms with Gasteiger partial charge in [-0.25, -0.2) is 0 Å². The summed E-state index contributed by atoms with van der Waals surface area (Å²) in [4.78, 5) is 12.9. The quantitative estimate of drug-likeness (QED) is 0.775. The number of ketones is 1. The summed E-state index contributed by atoms with van der Waals surface area (Å²) in [7, 11) is 3.80. The molecule has 128 valence electrons. The first kappa shape index (κ1) is 17.0. The zero-order valence-electron chi connectivity index (χ0n) is 14.8. The van der Waals surface area contributed by atoms with E-state index < -0.39 is 0 Å². The SMILES string of the molecule is CNc1cccc(/C=C2\CCC/C(=C\c3cccc(NC)c3)C2=O)c1. The van der Waals surface area contributed by atoms with Crippen molar-refractivity contribution in [2.24, 2.45) is 0 Å². The molecule has 0 atom stereocenters. The Morgan fingerprint density at radius 2 is 1.28 bits per heavy atom. The van der Waals surface area contributed by atoms with Crippen LogP contribution in [0.4, 0.5) is 11.4 Å². The van der Waals surface area contributed by atoms with Gasteiger partial charge in [0.1, 0.15) is 0 Å². The van der Waals surface area contributed by atoms with Gasteiger partial charge in [-0.1, -0.05) is 24.3 Å². The summed E-state index contributed by atoms with van der Waals surface area (Å²) in [6, 6.07) is 16.3. The van der Waals surface area contributed by atoms with Crippen LogP contribution >= 0.6 is 0 Å². The molecule has 3 nitrogen and oxygen atoms in total. The average Bonchev–Trinajstić information content (AvgIpc) is 2.65. The molecule has 0 aromatic heterocycles. The molecule has 2 aromatic carbocycles. The van der Waals surface area contributed by atoms with Crippen LogP contribution in [0.2, 0.25) is 0 Å². The lowest BCUT2D eigenvalue weighted by Gasteiger charge is -2.17. The molecule has 3 heteroatoms. The molecule has 1 aliphatic carbocycles. The Morgan fingerprint density at radius 1 is 0.800 bits per heavy atom. The van der Waals surface area contributed by atoms with Gasteiger partial charge in [-0.05, 0) is 66.8 Å². The lowest BCUT2D eigenvalue weighted by molar-refractivity contribution is -0.112. The van der Waals surface area contributed by atoms with E-state index in [9.17, 15) is 4.79 Å². The van der Waals surface area contributed by atoms with Gasteiger partial charge in [0.15, 0.2) is 5.78 Å². The van der Waals surface area contributed by atoms with E-state index in [0.29, 0.717) is 0 Å². The highest BCUT2D eigenvalue weighted by molar-refractivity contribution is 6.14.